The van der Waals surface area contributed by atoms with E-state index in [0.717, 1.165) is 0 Å². The molecule has 9 nitrogen and oxygen atoms in total. The molecule has 3 heterocycles. The fourth-order valence-electron chi connectivity index (χ4n) is 2.75. The van der Waals surface area contributed by atoms with E-state index in [0.29, 0.717) is 16.5 Å². The summed E-state index contributed by atoms with van der Waals surface area (Å²) in [5, 5.41) is 10.1. The van der Waals surface area contributed by atoms with Crippen LogP contribution in [-0.2, 0) is 11.3 Å². The fraction of sp³-hybridized carbons (Fsp3) is 0.316. The summed E-state index contributed by atoms with van der Waals surface area (Å²) in [6.45, 7) is 0.603. The third-order valence-corrected chi connectivity index (χ3v) is 4.33. The normalized spacial score (nSPS) is 11.4. The monoisotopic (exact) mass is 470 g/mol. The van der Waals surface area contributed by atoms with Crippen molar-refractivity contribution in [2.45, 2.75) is 19.6 Å². The molecule has 0 radical (unpaired) electrons. The van der Waals surface area contributed by atoms with Gasteiger partial charge in [0.2, 0.25) is 11.8 Å². The van der Waals surface area contributed by atoms with Gasteiger partial charge in [-0.2, -0.15) is 18.3 Å². The number of carbonyl (C=O) groups is 2. The summed E-state index contributed by atoms with van der Waals surface area (Å²) in [7, 11) is 0. The number of rotatable bonds is 8. The predicted octanol–water partition coefficient (Wildman–Crippen LogP) is 2.33. The minimum absolute atomic E-state index is 0.0654. The molecule has 170 valence electrons. The third kappa shape index (κ3) is 6.30. The van der Waals surface area contributed by atoms with Crippen LogP contribution >= 0.6 is 11.6 Å². The smallest absolute Gasteiger partial charge is 0.422 e. The molecule has 0 atom stereocenters. The molecule has 0 aliphatic carbocycles. The van der Waals surface area contributed by atoms with Gasteiger partial charge in [-0.15, -0.1) is 0 Å². The number of hydrogen-bond acceptors (Lipinski definition) is 6. The lowest BCUT2D eigenvalue weighted by molar-refractivity contribution is -0.154. The number of nitrogens with one attached hydrogen (secondary N) is 2. The Balaban J connectivity index is 1.71. The highest BCUT2D eigenvalue weighted by atomic mass is 35.5. The molecule has 3 aromatic heterocycles. The van der Waals surface area contributed by atoms with Crippen molar-refractivity contribution in [2.75, 3.05) is 19.7 Å². The first-order valence-corrected chi connectivity index (χ1v) is 9.69. The van der Waals surface area contributed by atoms with Gasteiger partial charge in [0.1, 0.15) is 10.7 Å². The highest BCUT2D eigenvalue weighted by molar-refractivity contribution is 6.31. The first-order chi connectivity index (χ1) is 15.1. The molecule has 0 aromatic carbocycles. The van der Waals surface area contributed by atoms with Crippen molar-refractivity contribution < 1.29 is 27.5 Å². The molecule has 0 aliphatic rings. The van der Waals surface area contributed by atoms with Crippen molar-refractivity contribution >= 4 is 34.3 Å². The Morgan fingerprint density at radius 2 is 1.97 bits per heavy atom. The van der Waals surface area contributed by atoms with Gasteiger partial charge in [0, 0.05) is 38.6 Å². The lowest BCUT2D eigenvalue weighted by Crippen LogP contribution is -2.34. The molecule has 0 unspecified atom stereocenters. The molecule has 2 amide bonds. The second-order valence-corrected chi connectivity index (χ2v) is 7.10. The Morgan fingerprint density at radius 3 is 2.66 bits per heavy atom. The molecule has 13 heteroatoms. The van der Waals surface area contributed by atoms with Gasteiger partial charge in [0.15, 0.2) is 6.61 Å². The van der Waals surface area contributed by atoms with Gasteiger partial charge in [0.05, 0.1) is 17.4 Å². The summed E-state index contributed by atoms with van der Waals surface area (Å²) < 4.78 is 43.0. The molecule has 0 aliphatic heterocycles. The zero-order chi connectivity index (χ0) is 23.3. The quantitative estimate of drug-likeness (QED) is 0.489. The summed E-state index contributed by atoms with van der Waals surface area (Å²) in [5.74, 6) is -0.938. The van der Waals surface area contributed by atoms with Crippen LogP contribution in [0.15, 0.2) is 30.7 Å². The predicted molar refractivity (Wildman–Crippen MR) is 108 cm³/mol. The number of ether oxygens (including phenoxy) is 1. The van der Waals surface area contributed by atoms with Gasteiger partial charge in [-0.25, -0.2) is 4.98 Å². The maximum atomic E-state index is 12.4. The van der Waals surface area contributed by atoms with E-state index in [1.807, 2.05) is 0 Å². The van der Waals surface area contributed by atoms with E-state index in [1.54, 1.807) is 12.3 Å². The Labute approximate surface area is 184 Å². The van der Waals surface area contributed by atoms with Crippen LogP contribution in [0.3, 0.4) is 0 Å². The SMILES string of the molecule is CC(=O)NCCNC(=O)c1nccc2nn(Cc3cnc(OCC(F)(F)F)c(Cl)c3)cc12. The number of pyridine rings is 2. The van der Waals surface area contributed by atoms with Gasteiger partial charge in [-0.05, 0) is 17.7 Å². The fourth-order valence-corrected chi connectivity index (χ4v) is 2.99. The Bertz CT molecular complexity index is 1140. The number of nitrogens with zero attached hydrogens (tertiary/aromatic N) is 4. The molecular formula is C19H18ClF3N6O3. The van der Waals surface area contributed by atoms with Crippen molar-refractivity contribution in [2.24, 2.45) is 0 Å². The van der Waals surface area contributed by atoms with Crippen molar-refractivity contribution in [1.82, 2.24) is 30.4 Å². The highest BCUT2D eigenvalue weighted by Crippen LogP contribution is 2.25. The van der Waals surface area contributed by atoms with Gasteiger partial charge >= 0.3 is 6.18 Å². The number of carbonyl (C=O) groups excluding carboxylic acids is 2. The lowest BCUT2D eigenvalue weighted by Gasteiger charge is -2.10. The Kier molecular flexibility index (Phi) is 7.13. The van der Waals surface area contributed by atoms with Crippen molar-refractivity contribution in [3.63, 3.8) is 0 Å². The van der Waals surface area contributed by atoms with Crippen LogP contribution in [-0.4, -0.2) is 57.4 Å². The van der Waals surface area contributed by atoms with Crippen LogP contribution in [0.4, 0.5) is 13.2 Å². The van der Waals surface area contributed by atoms with Crippen molar-refractivity contribution in [1.29, 1.82) is 0 Å². The van der Waals surface area contributed by atoms with E-state index in [2.05, 4.69) is 30.4 Å². The van der Waals surface area contributed by atoms with Gasteiger partial charge in [-0.1, -0.05) is 11.6 Å². The number of fused-ring (bicyclic) bond motifs is 1. The second kappa shape index (κ2) is 9.81. The van der Waals surface area contributed by atoms with Gasteiger partial charge in [-0.3, -0.25) is 19.3 Å². The zero-order valence-corrected chi connectivity index (χ0v) is 17.5. The molecule has 3 rings (SSSR count). The number of hydrogen-bond donors (Lipinski definition) is 2. The molecule has 0 saturated heterocycles. The van der Waals surface area contributed by atoms with Crippen LogP contribution in [0, 0.1) is 0 Å². The number of alkyl halides is 3. The molecule has 0 spiro atoms. The maximum absolute atomic E-state index is 12.4. The molecule has 0 fully saturated rings. The zero-order valence-electron chi connectivity index (χ0n) is 16.7. The molecule has 2 N–H and O–H groups in total. The minimum Gasteiger partial charge on any atom is -0.467 e. The number of halogens is 4. The largest absolute Gasteiger partial charge is 0.467 e. The third-order valence-electron chi connectivity index (χ3n) is 4.06. The Morgan fingerprint density at radius 1 is 1.22 bits per heavy atom. The average Bonchev–Trinajstić information content (AvgIpc) is 3.12. The van der Waals surface area contributed by atoms with Crippen molar-refractivity contribution in [3.8, 4) is 5.88 Å². The summed E-state index contributed by atoms with van der Waals surface area (Å²) in [5.41, 5.74) is 1.26. The standard InChI is InChI=1S/C19H18ClF3N6O3/c1-11(30)24-4-5-26-17(31)16-13-9-29(28-15(13)2-3-25-16)8-12-6-14(20)18(27-7-12)32-10-19(21,22)23/h2-3,6-7,9H,4-5,8,10H2,1H3,(H,24,30)(H,26,31). The first kappa shape index (κ1) is 23.3. The second-order valence-electron chi connectivity index (χ2n) is 6.69. The maximum Gasteiger partial charge on any atom is 0.422 e. The van der Waals surface area contributed by atoms with Crippen LogP contribution in [0.2, 0.25) is 5.02 Å². The topological polar surface area (TPSA) is 111 Å². The highest BCUT2D eigenvalue weighted by Gasteiger charge is 2.29. The minimum atomic E-state index is -4.50. The summed E-state index contributed by atoms with van der Waals surface area (Å²) >= 11 is 5.98. The van der Waals surface area contributed by atoms with Crippen LogP contribution in [0.5, 0.6) is 5.88 Å². The van der Waals surface area contributed by atoms with Crippen LogP contribution < -0.4 is 15.4 Å². The Hall–Kier alpha value is -3.41. The van der Waals surface area contributed by atoms with Gasteiger partial charge < -0.3 is 15.4 Å². The van der Waals surface area contributed by atoms with E-state index in [-0.39, 0.29) is 42.1 Å². The molecule has 0 saturated carbocycles. The van der Waals surface area contributed by atoms with E-state index >= 15 is 0 Å². The molecule has 0 bridgehead atoms. The molecule has 3 aromatic rings. The van der Waals surface area contributed by atoms with Crippen molar-refractivity contribution in [3.05, 3.63) is 47.0 Å². The summed E-state index contributed by atoms with van der Waals surface area (Å²) in [6, 6.07) is 3.07. The summed E-state index contributed by atoms with van der Waals surface area (Å²) in [4.78, 5) is 31.3. The van der Waals surface area contributed by atoms with Crippen LogP contribution in [0.1, 0.15) is 23.0 Å². The number of aromatic nitrogens is 4. The molecule has 32 heavy (non-hydrogen) atoms. The van der Waals surface area contributed by atoms with Crippen LogP contribution in [0.25, 0.3) is 10.9 Å². The lowest BCUT2D eigenvalue weighted by atomic mass is 10.2. The van der Waals surface area contributed by atoms with E-state index in [4.69, 9.17) is 11.6 Å². The van der Waals surface area contributed by atoms with E-state index in [9.17, 15) is 22.8 Å². The molecular weight excluding hydrogens is 453 g/mol. The first-order valence-electron chi connectivity index (χ1n) is 9.31. The van der Waals surface area contributed by atoms with E-state index < -0.39 is 18.7 Å². The number of amides is 2. The van der Waals surface area contributed by atoms with Gasteiger partial charge in [0.25, 0.3) is 5.91 Å². The van der Waals surface area contributed by atoms with E-state index in [1.165, 1.54) is 30.1 Å². The average molecular weight is 471 g/mol. The summed E-state index contributed by atoms with van der Waals surface area (Å²) in [6.07, 6.45) is -0.0979.